The molecule has 0 aliphatic carbocycles. The van der Waals surface area contributed by atoms with Gasteiger partial charge in [-0.2, -0.15) is 4.39 Å². The van der Waals surface area contributed by atoms with E-state index in [0.29, 0.717) is 5.56 Å². The Bertz CT molecular complexity index is 676. The Hall–Kier alpha value is -2.80. The molecule has 0 aliphatic rings. The topological polar surface area (TPSA) is 98.3 Å². The van der Waals surface area contributed by atoms with E-state index in [1.165, 1.54) is 6.07 Å². The van der Waals surface area contributed by atoms with Crippen molar-refractivity contribution in [2.75, 3.05) is 5.32 Å². The zero-order chi connectivity index (χ0) is 15.4. The molecule has 0 bridgehead atoms. The number of nitrogens with two attached hydrogens (primary N) is 1. The van der Waals surface area contributed by atoms with Crippen LogP contribution < -0.4 is 11.1 Å². The molecule has 7 heteroatoms. The quantitative estimate of drug-likeness (QED) is 0.666. The molecular formula is C14H12FN3O3. The first-order valence-corrected chi connectivity index (χ1v) is 6.04. The van der Waals surface area contributed by atoms with E-state index in [1.54, 1.807) is 30.3 Å². The molecule has 0 heterocycles. The zero-order valence-electron chi connectivity index (χ0n) is 10.8. The maximum Gasteiger partial charge on any atom is 0.304 e. The standard InChI is InChI=1S/C14H12FN3O3/c15-11-8-10(6-7-12(11)18(20)21)17-14(19)13(16)9-4-2-1-3-5-9/h1-8,13H,16H2,(H,17,19)/t13-/m1/s1. The van der Waals surface area contributed by atoms with Crippen LogP contribution in [0.3, 0.4) is 0 Å². The van der Waals surface area contributed by atoms with E-state index in [1.807, 2.05) is 0 Å². The number of hydrogen-bond acceptors (Lipinski definition) is 4. The molecule has 2 aromatic rings. The summed E-state index contributed by atoms with van der Waals surface area (Å²) in [7, 11) is 0. The van der Waals surface area contributed by atoms with Gasteiger partial charge in [-0.1, -0.05) is 30.3 Å². The number of hydrogen-bond donors (Lipinski definition) is 2. The molecule has 21 heavy (non-hydrogen) atoms. The van der Waals surface area contributed by atoms with Crippen LogP contribution in [0.2, 0.25) is 0 Å². The minimum absolute atomic E-state index is 0.106. The van der Waals surface area contributed by atoms with Gasteiger partial charge in [-0.05, 0) is 11.6 Å². The third kappa shape index (κ3) is 3.40. The van der Waals surface area contributed by atoms with Crippen LogP contribution in [0.15, 0.2) is 48.5 Å². The Labute approximate surface area is 119 Å². The van der Waals surface area contributed by atoms with E-state index in [2.05, 4.69) is 5.32 Å². The monoisotopic (exact) mass is 289 g/mol. The Kier molecular flexibility index (Phi) is 4.24. The number of halogens is 1. The number of nitro groups is 1. The van der Waals surface area contributed by atoms with E-state index >= 15 is 0 Å². The normalized spacial score (nSPS) is 11.7. The molecule has 0 spiro atoms. The first-order valence-electron chi connectivity index (χ1n) is 6.04. The van der Waals surface area contributed by atoms with Crippen LogP contribution in [0.1, 0.15) is 11.6 Å². The van der Waals surface area contributed by atoms with Gasteiger partial charge >= 0.3 is 5.69 Å². The van der Waals surface area contributed by atoms with Crippen LogP contribution in [-0.2, 0) is 4.79 Å². The zero-order valence-corrected chi connectivity index (χ0v) is 10.8. The number of benzene rings is 2. The van der Waals surface area contributed by atoms with Crippen LogP contribution in [0.5, 0.6) is 0 Å². The average Bonchev–Trinajstić information content (AvgIpc) is 2.47. The molecule has 108 valence electrons. The molecule has 3 N–H and O–H groups in total. The van der Waals surface area contributed by atoms with Gasteiger partial charge in [-0.25, -0.2) is 0 Å². The number of amides is 1. The molecule has 0 saturated heterocycles. The van der Waals surface area contributed by atoms with Crippen molar-refractivity contribution < 1.29 is 14.1 Å². The minimum atomic E-state index is -1.02. The fourth-order valence-corrected chi connectivity index (χ4v) is 1.76. The van der Waals surface area contributed by atoms with Crippen LogP contribution in [0, 0.1) is 15.9 Å². The van der Waals surface area contributed by atoms with E-state index in [0.717, 1.165) is 12.1 Å². The Morgan fingerprint density at radius 3 is 2.48 bits per heavy atom. The highest BCUT2D eigenvalue weighted by Gasteiger charge is 2.18. The van der Waals surface area contributed by atoms with E-state index < -0.39 is 28.4 Å². The van der Waals surface area contributed by atoms with Crippen LogP contribution >= 0.6 is 0 Å². The molecule has 1 amide bonds. The highest BCUT2D eigenvalue weighted by molar-refractivity contribution is 5.95. The number of rotatable bonds is 4. The molecule has 0 fully saturated rings. The molecule has 6 nitrogen and oxygen atoms in total. The number of nitrogens with one attached hydrogen (secondary N) is 1. The molecule has 0 radical (unpaired) electrons. The summed E-state index contributed by atoms with van der Waals surface area (Å²) < 4.78 is 13.5. The Balaban J connectivity index is 2.13. The Morgan fingerprint density at radius 2 is 1.90 bits per heavy atom. The second kappa shape index (κ2) is 6.10. The van der Waals surface area contributed by atoms with Crippen molar-refractivity contribution in [3.8, 4) is 0 Å². The number of nitro benzene ring substituents is 1. The lowest BCUT2D eigenvalue weighted by atomic mass is 10.1. The van der Waals surface area contributed by atoms with Crippen LogP contribution in [-0.4, -0.2) is 10.8 Å². The van der Waals surface area contributed by atoms with Gasteiger partial charge in [-0.15, -0.1) is 0 Å². The van der Waals surface area contributed by atoms with Crippen molar-refractivity contribution in [3.63, 3.8) is 0 Å². The van der Waals surface area contributed by atoms with Crippen LogP contribution in [0.4, 0.5) is 15.8 Å². The average molecular weight is 289 g/mol. The van der Waals surface area contributed by atoms with Crippen molar-refractivity contribution in [3.05, 3.63) is 70.0 Å². The summed E-state index contributed by atoms with van der Waals surface area (Å²) in [5, 5.41) is 12.9. The van der Waals surface area contributed by atoms with Gasteiger partial charge < -0.3 is 11.1 Å². The van der Waals surface area contributed by atoms with E-state index in [-0.39, 0.29) is 5.69 Å². The lowest BCUT2D eigenvalue weighted by molar-refractivity contribution is -0.387. The SMILES string of the molecule is N[C@@H](C(=O)Nc1ccc([N+](=O)[O-])c(F)c1)c1ccccc1. The largest absolute Gasteiger partial charge is 0.324 e. The molecule has 0 saturated carbocycles. The third-order valence-electron chi connectivity index (χ3n) is 2.85. The molecule has 2 aromatic carbocycles. The van der Waals surface area contributed by atoms with E-state index in [4.69, 9.17) is 5.73 Å². The predicted molar refractivity (Wildman–Crippen MR) is 75.1 cm³/mol. The van der Waals surface area contributed by atoms with Gasteiger partial charge in [0.05, 0.1) is 4.92 Å². The van der Waals surface area contributed by atoms with Crippen molar-refractivity contribution in [2.45, 2.75) is 6.04 Å². The number of anilines is 1. The molecule has 2 rings (SSSR count). The van der Waals surface area contributed by atoms with E-state index in [9.17, 15) is 19.3 Å². The van der Waals surface area contributed by atoms with Gasteiger partial charge in [0.15, 0.2) is 0 Å². The summed E-state index contributed by atoms with van der Waals surface area (Å²) in [5.41, 5.74) is 5.85. The molecule has 0 aliphatic heterocycles. The lowest BCUT2D eigenvalue weighted by Crippen LogP contribution is -2.27. The summed E-state index contributed by atoms with van der Waals surface area (Å²) in [6.45, 7) is 0. The first-order chi connectivity index (χ1) is 9.99. The van der Waals surface area contributed by atoms with Crippen LogP contribution in [0.25, 0.3) is 0 Å². The fourth-order valence-electron chi connectivity index (χ4n) is 1.76. The highest BCUT2D eigenvalue weighted by atomic mass is 19.1. The number of nitrogens with zero attached hydrogens (tertiary/aromatic N) is 1. The number of carbonyl (C=O) groups is 1. The summed E-state index contributed by atoms with van der Waals surface area (Å²) in [6.07, 6.45) is 0. The highest BCUT2D eigenvalue weighted by Crippen LogP contribution is 2.21. The van der Waals surface area contributed by atoms with Gasteiger partial charge in [0.2, 0.25) is 11.7 Å². The lowest BCUT2D eigenvalue weighted by Gasteiger charge is -2.12. The van der Waals surface area contributed by atoms with Crippen molar-refractivity contribution in [1.82, 2.24) is 0 Å². The van der Waals surface area contributed by atoms with Crippen molar-refractivity contribution in [1.29, 1.82) is 0 Å². The summed E-state index contributed by atoms with van der Waals surface area (Å²) in [5.74, 6) is -1.56. The molecule has 1 atom stereocenters. The van der Waals surface area contributed by atoms with Gasteiger partial charge in [-0.3, -0.25) is 14.9 Å². The maximum atomic E-state index is 13.5. The third-order valence-corrected chi connectivity index (χ3v) is 2.85. The second-order valence-corrected chi connectivity index (χ2v) is 4.30. The predicted octanol–water partition coefficient (Wildman–Crippen LogP) is 2.37. The number of carbonyl (C=O) groups excluding carboxylic acids is 1. The molecule has 0 unspecified atom stereocenters. The van der Waals surface area contributed by atoms with Gasteiger partial charge in [0.25, 0.3) is 0 Å². The Morgan fingerprint density at radius 1 is 1.24 bits per heavy atom. The maximum absolute atomic E-state index is 13.5. The van der Waals surface area contributed by atoms with Gasteiger partial charge in [0.1, 0.15) is 6.04 Å². The minimum Gasteiger partial charge on any atom is -0.324 e. The summed E-state index contributed by atoms with van der Waals surface area (Å²) >= 11 is 0. The summed E-state index contributed by atoms with van der Waals surface area (Å²) in [4.78, 5) is 21.6. The second-order valence-electron chi connectivity index (χ2n) is 4.30. The summed E-state index contributed by atoms with van der Waals surface area (Å²) in [6, 6.07) is 10.9. The van der Waals surface area contributed by atoms with Crippen molar-refractivity contribution in [2.24, 2.45) is 5.73 Å². The smallest absolute Gasteiger partial charge is 0.304 e. The fraction of sp³-hybridized carbons (Fsp3) is 0.0714. The van der Waals surface area contributed by atoms with Crippen molar-refractivity contribution >= 4 is 17.3 Å². The molecular weight excluding hydrogens is 277 g/mol. The molecule has 0 aromatic heterocycles. The van der Waals surface area contributed by atoms with Gasteiger partial charge in [0, 0.05) is 17.8 Å². The first kappa shape index (κ1) is 14.6.